The number of hydrogen-bond donors (Lipinski definition) is 5. The predicted octanol–water partition coefficient (Wildman–Crippen LogP) is 4.62. The Kier molecular flexibility index (Phi) is 15.1. The summed E-state index contributed by atoms with van der Waals surface area (Å²) in [4.78, 5) is 43.8. The molecule has 10 heteroatoms. The van der Waals surface area contributed by atoms with Crippen molar-refractivity contribution in [2.24, 2.45) is 5.92 Å². The molecule has 44 heavy (non-hydrogen) atoms. The third kappa shape index (κ3) is 11.5. The number of hydrazine groups is 1. The second-order valence-corrected chi connectivity index (χ2v) is 11.9. The topological polar surface area (TPSA) is 144 Å². The zero-order chi connectivity index (χ0) is 31.7. The number of carboxylic acids is 1. The van der Waals surface area contributed by atoms with E-state index in [0.717, 1.165) is 43.4 Å². The molecule has 10 nitrogen and oxygen atoms in total. The first-order chi connectivity index (χ1) is 21.3. The van der Waals surface area contributed by atoms with E-state index in [1.165, 1.54) is 11.4 Å². The van der Waals surface area contributed by atoms with Gasteiger partial charge in [0.25, 0.3) is 0 Å². The van der Waals surface area contributed by atoms with Crippen molar-refractivity contribution in [3.8, 4) is 0 Å². The summed E-state index contributed by atoms with van der Waals surface area (Å²) in [6.45, 7) is 4.00. The van der Waals surface area contributed by atoms with Gasteiger partial charge in [0.15, 0.2) is 0 Å². The van der Waals surface area contributed by atoms with Gasteiger partial charge in [0.2, 0.25) is 5.91 Å². The van der Waals surface area contributed by atoms with Crippen molar-refractivity contribution < 1.29 is 24.6 Å². The first-order valence-electron chi connectivity index (χ1n) is 16.3. The highest BCUT2D eigenvalue weighted by Gasteiger charge is 2.36. The number of aliphatic carboxylic acids is 1. The number of carbonyl (C=O) groups excluding carboxylic acids is 2. The molecule has 3 amide bonds. The third-order valence-corrected chi connectivity index (χ3v) is 8.37. The van der Waals surface area contributed by atoms with Crippen LogP contribution >= 0.6 is 0 Å². The maximum absolute atomic E-state index is 13.9. The van der Waals surface area contributed by atoms with Crippen LogP contribution in [0.4, 0.5) is 4.79 Å². The molecule has 0 radical (unpaired) electrons. The first-order valence-corrected chi connectivity index (χ1v) is 16.3. The number of aliphatic hydroxyl groups excluding tert-OH is 1. The number of carboxylic acid groups (broad SMARTS) is 1. The fraction of sp³-hybridized carbons (Fsp3) is 0.588. The lowest BCUT2D eigenvalue weighted by atomic mass is 9.83. The van der Waals surface area contributed by atoms with E-state index >= 15 is 0 Å². The molecule has 3 rings (SSSR count). The monoisotopic (exact) mass is 609 g/mol. The van der Waals surface area contributed by atoms with Crippen molar-refractivity contribution in [1.82, 2.24) is 26.1 Å². The van der Waals surface area contributed by atoms with Gasteiger partial charge in [0, 0.05) is 24.9 Å². The van der Waals surface area contributed by atoms with Crippen LogP contribution in [-0.4, -0.2) is 68.9 Å². The van der Waals surface area contributed by atoms with Crippen LogP contribution in [0, 0.1) is 5.92 Å². The Labute approximate surface area is 262 Å². The minimum absolute atomic E-state index is 0.168. The number of nitrogens with one attached hydrogen (secondary N) is 3. The number of carbonyl (C=O) groups is 3. The molecular weight excluding hydrogens is 558 g/mol. The summed E-state index contributed by atoms with van der Waals surface area (Å²) < 4.78 is 0. The van der Waals surface area contributed by atoms with E-state index in [1.807, 2.05) is 55.5 Å². The molecule has 1 saturated carbocycles. The summed E-state index contributed by atoms with van der Waals surface area (Å²) >= 11 is 0. The van der Waals surface area contributed by atoms with Gasteiger partial charge in [-0.25, -0.2) is 20.0 Å². The SMILES string of the molecule is CCC[C@H](NC(=O)[C@H](Cc1ccccc1)N(N[C@@H](CC1CCCCC1)[C@@H](O)CCCc1ccccn1)C(=O)NCC)C(=O)O. The number of aryl methyl sites for hydroxylation is 1. The Morgan fingerprint density at radius 2 is 1.73 bits per heavy atom. The molecule has 0 bridgehead atoms. The molecule has 0 spiro atoms. The lowest BCUT2D eigenvalue weighted by Crippen LogP contribution is -2.64. The van der Waals surface area contributed by atoms with Crippen LogP contribution in [0.25, 0.3) is 0 Å². The van der Waals surface area contributed by atoms with Crippen molar-refractivity contribution in [2.45, 2.75) is 115 Å². The second kappa shape index (κ2) is 19.0. The summed E-state index contributed by atoms with van der Waals surface area (Å²) in [5, 5.41) is 28.1. The molecule has 1 aromatic carbocycles. The van der Waals surface area contributed by atoms with E-state index in [4.69, 9.17) is 0 Å². The van der Waals surface area contributed by atoms with Gasteiger partial charge in [0.05, 0.1) is 12.1 Å². The normalized spacial score (nSPS) is 16.3. The zero-order valence-corrected chi connectivity index (χ0v) is 26.3. The molecule has 242 valence electrons. The molecule has 1 fully saturated rings. The smallest absolute Gasteiger partial charge is 0.332 e. The summed E-state index contributed by atoms with van der Waals surface area (Å²) in [6, 6.07) is 12.0. The average Bonchev–Trinajstić information content (AvgIpc) is 3.03. The number of pyridine rings is 1. The standard InChI is InChI=1S/C34H51N5O5/c1-3-14-28(33(42)43)37-32(41)30(24-26-17-9-6-10-18-26)39(34(44)35-4-2)38-29(23-25-15-7-5-8-16-25)31(40)21-13-20-27-19-11-12-22-36-27/h6,9-12,17-19,22,25,28-31,38,40H,3-5,7-8,13-16,20-21,23-24H2,1-2H3,(H,35,44)(H,37,41)(H,42,43)/t28-,29-,30-,31-/m0/s1. The molecule has 1 aromatic heterocycles. The molecule has 5 N–H and O–H groups in total. The van der Waals surface area contributed by atoms with Crippen molar-refractivity contribution in [3.05, 3.63) is 66.0 Å². The van der Waals surface area contributed by atoms with Crippen LogP contribution in [0.3, 0.4) is 0 Å². The van der Waals surface area contributed by atoms with E-state index in [2.05, 4.69) is 21.0 Å². The molecule has 1 heterocycles. The van der Waals surface area contributed by atoms with Crippen LogP contribution in [0.5, 0.6) is 0 Å². The molecular formula is C34H51N5O5. The van der Waals surface area contributed by atoms with Crippen LogP contribution < -0.4 is 16.1 Å². The number of hydrogen-bond acceptors (Lipinski definition) is 6. The minimum Gasteiger partial charge on any atom is -0.480 e. The summed E-state index contributed by atoms with van der Waals surface area (Å²) in [5.74, 6) is -1.28. The van der Waals surface area contributed by atoms with Gasteiger partial charge < -0.3 is 20.8 Å². The summed E-state index contributed by atoms with van der Waals surface area (Å²) in [7, 11) is 0. The van der Waals surface area contributed by atoms with Crippen molar-refractivity contribution >= 4 is 17.9 Å². The maximum Gasteiger partial charge on any atom is 0.332 e. The second-order valence-electron chi connectivity index (χ2n) is 11.9. The average molecular weight is 610 g/mol. The Hall–Kier alpha value is -3.50. The van der Waals surface area contributed by atoms with Gasteiger partial charge in [-0.2, -0.15) is 0 Å². The predicted molar refractivity (Wildman–Crippen MR) is 171 cm³/mol. The van der Waals surface area contributed by atoms with Gasteiger partial charge in [-0.3, -0.25) is 9.78 Å². The fourth-order valence-corrected chi connectivity index (χ4v) is 5.98. The highest BCUT2D eigenvalue weighted by Crippen LogP contribution is 2.29. The van der Waals surface area contributed by atoms with Crippen LogP contribution in [0.15, 0.2) is 54.7 Å². The minimum atomic E-state index is -1.12. The number of rotatable bonds is 18. The van der Waals surface area contributed by atoms with E-state index in [-0.39, 0.29) is 12.8 Å². The Morgan fingerprint density at radius 3 is 2.36 bits per heavy atom. The molecule has 0 aliphatic heterocycles. The Morgan fingerprint density at radius 1 is 1.00 bits per heavy atom. The van der Waals surface area contributed by atoms with Crippen LogP contribution in [0.1, 0.15) is 89.3 Å². The maximum atomic E-state index is 13.9. The zero-order valence-electron chi connectivity index (χ0n) is 26.3. The van der Waals surface area contributed by atoms with Crippen molar-refractivity contribution in [2.75, 3.05) is 6.54 Å². The lowest BCUT2D eigenvalue weighted by Gasteiger charge is -2.38. The highest BCUT2D eigenvalue weighted by atomic mass is 16.4. The number of urea groups is 1. The third-order valence-electron chi connectivity index (χ3n) is 8.37. The largest absolute Gasteiger partial charge is 0.480 e. The first kappa shape index (κ1) is 35.0. The van der Waals surface area contributed by atoms with E-state index in [0.29, 0.717) is 38.1 Å². The Bertz CT molecular complexity index is 1130. The van der Waals surface area contributed by atoms with Gasteiger partial charge in [-0.15, -0.1) is 0 Å². The molecule has 4 atom stereocenters. The summed E-state index contributed by atoms with van der Waals surface area (Å²) in [6.07, 6.45) is 10.2. The van der Waals surface area contributed by atoms with Crippen LogP contribution in [0.2, 0.25) is 0 Å². The van der Waals surface area contributed by atoms with E-state index in [9.17, 15) is 24.6 Å². The molecule has 0 unspecified atom stereocenters. The van der Waals surface area contributed by atoms with Crippen molar-refractivity contribution in [1.29, 1.82) is 0 Å². The molecule has 2 aromatic rings. The van der Waals surface area contributed by atoms with E-state index < -0.39 is 42.1 Å². The molecule has 1 aliphatic carbocycles. The summed E-state index contributed by atoms with van der Waals surface area (Å²) in [5.41, 5.74) is 5.10. The van der Waals surface area contributed by atoms with Crippen molar-refractivity contribution in [3.63, 3.8) is 0 Å². The van der Waals surface area contributed by atoms with Crippen LogP contribution in [-0.2, 0) is 22.4 Å². The van der Waals surface area contributed by atoms with Gasteiger partial charge in [-0.05, 0) is 62.6 Å². The van der Waals surface area contributed by atoms with Gasteiger partial charge in [-0.1, -0.05) is 81.8 Å². The number of aliphatic hydroxyl groups is 1. The Balaban J connectivity index is 1.90. The van der Waals surface area contributed by atoms with E-state index in [1.54, 1.807) is 13.1 Å². The van der Waals surface area contributed by atoms with Gasteiger partial charge in [0.1, 0.15) is 12.1 Å². The highest BCUT2D eigenvalue weighted by molar-refractivity contribution is 5.90. The lowest BCUT2D eigenvalue weighted by molar-refractivity contribution is -0.143. The molecule has 1 aliphatic rings. The quantitative estimate of drug-likeness (QED) is 0.155. The number of nitrogens with zero attached hydrogens (tertiary/aromatic N) is 2. The fourth-order valence-electron chi connectivity index (χ4n) is 5.98. The number of amides is 3. The van der Waals surface area contributed by atoms with Gasteiger partial charge >= 0.3 is 12.0 Å². The number of benzene rings is 1. The number of aromatic nitrogens is 1. The molecule has 0 saturated heterocycles.